The molecule has 0 spiro atoms. The summed E-state index contributed by atoms with van der Waals surface area (Å²) < 4.78 is 83.2. The van der Waals surface area contributed by atoms with Crippen molar-refractivity contribution in [1.82, 2.24) is 5.32 Å². The molecular weight excluding hydrogens is 516 g/mol. The van der Waals surface area contributed by atoms with Crippen LogP contribution in [0.3, 0.4) is 0 Å². The van der Waals surface area contributed by atoms with Gasteiger partial charge in [-0.25, -0.2) is 13.2 Å². The van der Waals surface area contributed by atoms with Crippen LogP contribution in [0.15, 0.2) is 36.4 Å². The smallest absolute Gasteiger partial charge is 0.407 e. The van der Waals surface area contributed by atoms with Crippen LogP contribution in [0.2, 0.25) is 0 Å². The van der Waals surface area contributed by atoms with Gasteiger partial charge >= 0.3 is 6.18 Å². The lowest BCUT2D eigenvalue weighted by atomic mass is 9.87. The van der Waals surface area contributed by atoms with E-state index >= 15 is 0 Å². The van der Waals surface area contributed by atoms with Crippen molar-refractivity contribution in [1.29, 1.82) is 0 Å². The lowest BCUT2D eigenvalue weighted by molar-refractivity contribution is -0.160. The summed E-state index contributed by atoms with van der Waals surface area (Å²) in [6, 6.07) is 0.605. The Morgan fingerprint density at radius 1 is 1.03 bits per heavy atom. The number of nitrogens with one attached hydrogen (secondary N) is 1. The number of hydrogen-bond donors (Lipinski definition) is 2. The summed E-state index contributed by atoms with van der Waals surface area (Å²) in [6.45, 7) is 1.56. The molecule has 38 heavy (non-hydrogen) atoms. The number of benzene rings is 2. The Morgan fingerprint density at radius 2 is 1.61 bits per heavy atom. The standard InChI is InChI=1S/C27H27F6NO4/c1-2-16(24(37)23(36)12-14-3-4-14)13-22(35)21(11-15-9-19(29)25(38)20(30)10-15)34-26(27(31,32)33)17-5-7-18(28)8-6-17/h5-10,14,16,21,26,34,38H,2-4,11-13H2,1H3/t16-,21+,26+/m1/s1. The third-order valence-corrected chi connectivity index (χ3v) is 6.56. The van der Waals surface area contributed by atoms with Crippen molar-refractivity contribution in [2.45, 2.75) is 63.7 Å². The number of phenolic OH excluding ortho intramolecular Hbond substituents is 1. The first-order valence-electron chi connectivity index (χ1n) is 12.1. The zero-order valence-electron chi connectivity index (χ0n) is 20.5. The Kier molecular flexibility index (Phi) is 9.35. The van der Waals surface area contributed by atoms with E-state index in [4.69, 9.17) is 0 Å². The lowest BCUT2D eigenvalue weighted by Gasteiger charge is -2.28. The van der Waals surface area contributed by atoms with Gasteiger partial charge < -0.3 is 5.11 Å². The van der Waals surface area contributed by atoms with E-state index < -0.39 is 83.1 Å². The second kappa shape index (κ2) is 12.1. The van der Waals surface area contributed by atoms with Crippen molar-refractivity contribution in [2.75, 3.05) is 0 Å². The number of carbonyl (C=O) groups excluding carboxylic acids is 3. The van der Waals surface area contributed by atoms with Crippen LogP contribution >= 0.6 is 0 Å². The van der Waals surface area contributed by atoms with Crippen LogP contribution in [0.4, 0.5) is 26.3 Å². The average molecular weight is 544 g/mol. The molecule has 0 heterocycles. The normalized spacial score (nSPS) is 16.1. The molecule has 11 heteroatoms. The third-order valence-electron chi connectivity index (χ3n) is 6.56. The molecule has 0 bridgehead atoms. The highest BCUT2D eigenvalue weighted by Crippen LogP contribution is 2.35. The SMILES string of the molecule is CC[C@H](CC(=O)[C@H](Cc1cc(F)c(O)c(F)c1)N[C@@H](c1ccc(F)cc1)C(F)(F)F)C(=O)C(=O)CC1CC1. The van der Waals surface area contributed by atoms with Crippen LogP contribution in [0, 0.1) is 29.3 Å². The van der Waals surface area contributed by atoms with E-state index in [-0.39, 0.29) is 24.3 Å². The van der Waals surface area contributed by atoms with Crippen LogP contribution in [0.5, 0.6) is 5.75 Å². The lowest BCUT2D eigenvalue weighted by Crippen LogP contribution is -2.46. The van der Waals surface area contributed by atoms with Gasteiger partial charge in [-0.05, 0) is 67.0 Å². The van der Waals surface area contributed by atoms with Crippen molar-refractivity contribution < 1.29 is 45.8 Å². The number of aromatic hydroxyl groups is 1. The van der Waals surface area contributed by atoms with Crippen molar-refractivity contribution in [3.05, 3.63) is 65.0 Å². The molecule has 1 aliphatic carbocycles. The molecule has 1 aliphatic rings. The Morgan fingerprint density at radius 3 is 2.11 bits per heavy atom. The number of alkyl halides is 3. The minimum atomic E-state index is -4.96. The minimum Gasteiger partial charge on any atom is -0.503 e. The second-order valence-electron chi connectivity index (χ2n) is 9.57. The van der Waals surface area contributed by atoms with E-state index in [1.807, 2.05) is 0 Å². The van der Waals surface area contributed by atoms with E-state index in [0.29, 0.717) is 12.1 Å². The van der Waals surface area contributed by atoms with Crippen LogP contribution in [-0.2, 0) is 20.8 Å². The molecule has 0 unspecified atom stereocenters. The molecular formula is C27H27F6NO4. The Hall–Kier alpha value is -3.21. The van der Waals surface area contributed by atoms with Gasteiger partial charge in [-0.15, -0.1) is 0 Å². The van der Waals surface area contributed by atoms with Gasteiger partial charge in [0, 0.05) is 18.8 Å². The molecule has 1 fully saturated rings. The van der Waals surface area contributed by atoms with Crippen LogP contribution in [-0.4, -0.2) is 34.7 Å². The van der Waals surface area contributed by atoms with Crippen molar-refractivity contribution in [3.63, 3.8) is 0 Å². The number of rotatable bonds is 13. The monoisotopic (exact) mass is 543 g/mol. The highest BCUT2D eigenvalue weighted by molar-refractivity contribution is 6.38. The minimum absolute atomic E-state index is 0.0536. The molecule has 1 saturated carbocycles. The molecule has 3 rings (SSSR count). The first kappa shape index (κ1) is 29.3. The summed E-state index contributed by atoms with van der Waals surface area (Å²) in [7, 11) is 0. The zero-order valence-corrected chi connectivity index (χ0v) is 20.5. The molecule has 2 aromatic rings. The summed E-state index contributed by atoms with van der Waals surface area (Å²) in [6.07, 6.45) is -4.37. The summed E-state index contributed by atoms with van der Waals surface area (Å²) in [5.41, 5.74) is -0.643. The number of carbonyl (C=O) groups is 3. The number of ketones is 3. The molecule has 0 aliphatic heterocycles. The first-order chi connectivity index (χ1) is 17.8. The van der Waals surface area contributed by atoms with Crippen molar-refractivity contribution in [3.8, 4) is 5.75 Å². The molecule has 3 atom stereocenters. The predicted molar refractivity (Wildman–Crippen MR) is 125 cm³/mol. The van der Waals surface area contributed by atoms with Gasteiger partial charge in [0.05, 0.1) is 6.04 Å². The van der Waals surface area contributed by atoms with Gasteiger partial charge in [0.15, 0.2) is 29.0 Å². The second-order valence-corrected chi connectivity index (χ2v) is 9.57. The third kappa shape index (κ3) is 7.66. The molecule has 2 aromatic carbocycles. The Labute approximate surface area is 215 Å². The molecule has 0 radical (unpaired) electrons. The van der Waals surface area contributed by atoms with Crippen molar-refractivity contribution >= 4 is 17.3 Å². The summed E-state index contributed by atoms with van der Waals surface area (Å²) in [4.78, 5) is 38.2. The van der Waals surface area contributed by atoms with Gasteiger partial charge in [-0.2, -0.15) is 13.2 Å². The molecule has 0 saturated heterocycles. The predicted octanol–water partition coefficient (Wildman–Crippen LogP) is 5.54. The molecule has 0 amide bonds. The van der Waals surface area contributed by atoms with Gasteiger partial charge in [-0.3, -0.25) is 19.7 Å². The van der Waals surface area contributed by atoms with E-state index in [9.17, 15) is 45.8 Å². The number of hydrogen-bond acceptors (Lipinski definition) is 5. The zero-order chi connectivity index (χ0) is 28.2. The quantitative estimate of drug-likeness (QED) is 0.256. The topological polar surface area (TPSA) is 83.5 Å². The molecule has 206 valence electrons. The van der Waals surface area contributed by atoms with Gasteiger partial charge in [0.1, 0.15) is 11.9 Å². The maximum atomic E-state index is 14.0. The summed E-state index contributed by atoms with van der Waals surface area (Å²) in [5, 5.41) is 11.5. The molecule has 2 N–H and O–H groups in total. The number of phenols is 1. The number of Topliss-reactive ketones (excluding diaryl/α,β-unsaturated/α-hetero) is 3. The van der Waals surface area contributed by atoms with E-state index in [1.54, 1.807) is 6.92 Å². The van der Waals surface area contributed by atoms with Gasteiger partial charge in [0.2, 0.25) is 5.78 Å². The highest BCUT2D eigenvalue weighted by atomic mass is 19.4. The maximum Gasteiger partial charge on any atom is 0.407 e. The average Bonchev–Trinajstić information content (AvgIpc) is 3.66. The van der Waals surface area contributed by atoms with E-state index in [2.05, 4.69) is 5.32 Å². The fraction of sp³-hybridized carbons (Fsp3) is 0.444. The van der Waals surface area contributed by atoms with Gasteiger partial charge in [0.25, 0.3) is 0 Å². The molecule has 0 aromatic heterocycles. The fourth-order valence-corrected chi connectivity index (χ4v) is 4.19. The number of halogens is 6. The largest absolute Gasteiger partial charge is 0.503 e. The first-order valence-corrected chi connectivity index (χ1v) is 12.1. The maximum absolute atomic E-state index is 14.0. The van der Waals surface area contributed by atoms with Gasteiger partial charge in [-0.1, -0.05) is 19.1 Å². The molecule has 5 nitrogen and oxygen atoms in total. The van der Waals surface area contributed by atoms with E-state index in [1.165, 1.54) is 0 Å². The van der Waals surface area contributed by atoms with Crippen LogP contribution < -0.4 is 5.32 Å². The van der Waals surface area contributed by atoms with E-state index in [0.717, 1.165) is 37.1 Å². The Balaban J connectivity index is 1.90. The fourth-order valence-electron chi connectivity index (χ4n) is 4.19. The Bertz CT molecular complexity index is 1150. The highest BCUT2D eigenvalue weighted by Gasteiger charge is 2.43. The summed E-state index contributed by atoms with van der Waals surface area (Å²) in [5.74, 6) is -8.05. The van der Waals surface area contributed by atoms with Crippen molar-refractivity contribution in [2.24, 2.45) is 11.8 Å². The van der Waals surface area contributed by atoms with Crippen LogP contribution in [0.1, 0.15) is 56.2 Å². The van der Waals surface area contributed by atoms with Crippen LogP contribution in [0.25, 0.3) is 0 Å². The summed E-state index contributed by atoms with van der Waals surface area (Å²) >= 11 is 0.